The zero-order valence-corrected chi connectivity index (χ0v) is 16.5. The van der Waals surface area contributed by atoms with Crippen molar-refractivity contribution in [2.75, 3.05) is 24.9 Å². The van der Waals surface area contributed by atoms with Gasteiger partial charge in [0.05, 0.1) is 42.9 Å². The molecule has 1 aromatic carbocycles. The maximum absolute atomic E-state index is 12.5. The van der Waals surface area contributed by atoms with Gasteiger partial charge >= 0.3 is 18.0 Å². The number of amides is 2. The monoisotopic (exact) mass is 408 g/mol. The van der Waals surface area contributed by atoms with E-state index in [9.17, 15) is 14.4 Å². The van der Waals surface area contributed by atoms with Crippen molar-refractivity contribution in [3.63, 3.8) is 0 Å². The second-order valence-electron chi connectivity index (χ2n) is 6.24. The van der Waals surface area contributed by atoms with Crippen molar-refractivity contribution in [3.8, 4) is 0 Å². The van der Waals surface area contributed by atoms with E-state index in [0.29, 0.717) is 17.6 Å². The lowest BCUT2D eigenvalue weighted by atomic mass is 10.0. The molecule has 0 aliphatic rings. The second kappa shape index (κ2) is 9.46. The number of rotatable bonds is 6. The highest BCUT2D eigenvalue weighted by atomic mass is 16.5. The summed E-state index contributed by atoms with van der Waals surface area (Å²) in [5, 5.41) is 6.15. The fourth-order valence-corrected chi connectivity index (χ4v) is 2.95. The van der Waals surface area contributed by atoms with E-state index < -0.39 is 12.0 Å². The van der Waals surface area contributed by atoms with Crippen LogP contribution >= 0.6 is 0 Å². The van der Waals surface area contributed by atoms with E-state index >= 15 is 0 Å². The first-order valence-electron chi connectivity index (χ1n) is 9.07. The molecular weight excluding hydrogens is 388 g/mol. The number of nitrogens with one attached hydrogen (secondary N) is 2. The van der Waals surface area contributed by atoms with E-state index in [4.69, 9.17) is 9.47 Å². The van der Waals surface area contributed by atoms with Crippen LogP contribution in [0.3, 0.4) is 0 Å². The number of nitrogens with zero attached hydrogens (tertiary/aromatic N) is 2. The number of hydrogen-bond acceptors (Lipinski definition) is 7. The van der Waals surface area contributed by atoms with Gasteiger partial charge in [-0.25, -0.2) is 9.59 Å². The van der Waals surface area contributed by atoms with Crippen LogP contribution in [0.25, 0.3) is 10.9 Å². The van der Waals surface area contributed by atoms with Gasteiger partial charge in [-0.05, 0) is 30.2 Å². The first-order chi connectivity index (χ1) is 14.5. The molecule has 0 fully saturated rings. The highest BCUT2D eigenvalue weighted by Crippen LogP contribution is 2.26. The second-order valence-corrected chi connectivity index (χ2v) is 6.24. The molecule has 0 saturated heterocycles. The summed E-state index contributed by atoms with van der Waals surface area (Å²) in [7, 11) is 2.60. The molecule has 0 aliphatic heterocycles. The third-order valence-electron chi connectivity index (χ3n) is 4.41. The molecule has 0 saturated carbocycles. The molecule has 30 heavy (non-hydrogen) atoms. The Bertz CT molecular complexity index is 1100. The lowest BCUT2D eigenvalue weighted by Crippen LogP contribution is -2.21. The van der Waals surface area contributed by atoms with Crippen molar-refractivity contribution in [2.24, 2.45) is 0 Å². The molecule has 154 valence electrons. The van der Waals surface area contributed by atoms with Gasteiger partial charge in [0, 0.05) is 24.2 Å². The number of urea groups is 1. The van der Waals surface area contributed by atoms with Gasteiger partial charge in [-0.3, -0.25) is 14.8 Å². The molecular formula is C21H20N4O5. The molecule has 0 aliphatic carbocycles. The third kappa shape index (κ3) is 4.69. The molecule has 0 spiro atoms. The fraction of sp³-hybridized carbons (Fsp3) is 0.190. The Morgan fingerprint density at radius 3 is 2.53 bits per heavy atom. The summed E-state index contributed by atoms with van der Waals surface area (Å²) in [5.41, 5.74) is 2.37. The summed E-state index contributed by atoms with van der Waals surface area (Å²) < 4.78 is 9.41. The lowest BCUT2D eigenvalue weighted by molar-refractivity contribution is -0.140. The lowest BCUT2D eigenvalue weighted by Gasteiger charge is -2.13. The van der Waals surface area contributed by atoms with Crippen LogP contribution < -0.4 is 10.6 Å². The van der Waals surface area contributed by atoms with Crippen molar-refractivity contribution in [1.82, 2.24) is 9.97 Å². The molecule has 0 radical (unpaired) electrons. The highest BCUT2D eigenvalue weighted by molar-refractivity contribution is 6.08. The molecule has 3 aromatic rings. The van der Waals surface area contributed by atoms with Gasteiger partial charge in [0.2, 0.25) is 0 Å². The van der Waals surface area contributed by atoms with Crippen molar-refractivity contribution in [3.05, 3.63) is 60.0 Å². The fourth-order valence-electron chi connectivity index (χ4n) is 2.95. The first kappa shape index (κ1) is 20.7. The maximum Gasteiger partial charge on any atom is 0.340 e. The normalized spacial score (nSPS) is 10.3. The number of aryl methyl sites for hydroxylation is 1. The number of carbonyl (C=O) groups excluding carboxylic acids is 3. The number of fused-ring (bicyclic) bond motifs is 1. The smallest absolute Gasteiger partial charge is 0.340 e. The summed E-state index contributed by atoms with van der Waals surface area (Å²) in [6.07, 6.45) is 5.13. The molecule has 2 heterocycles. The number of anilines is 2. The van der Waals surface area contributed by atoms with E-state index in [0.717, 1.165) is 10.9 Å². The summed E-state index contributed by atoms with van der Waals surface area (Å²) >= 11 is 0. The Labute approximate surface area is 172 Å². The van der Waals surface area contributed by atoms with Gasteiger partial charge in [-0.2, -0.15) is 0 Å². The number of methoxy groups -OCH3 is 2. The number of benzene rings is 1. The van der Waals surface area contributed by atoms with Crippen molar-refractivity contribution in [1.29, 1.82) is 0 Å². The average molecular weight is 408 g/mol. The van der Waals surface area contributed by atoms with Crippen LogP contribution in [0.15, 0.2) is 48.9 Å². The van der Waals surface area contributed by atoms with Gasteiger partial charge in [-0.1, -0.05) is 12.1 Å². The Hall–Kier alpha value is -4.01. The summed E-state index contributed by atoms with van der Waals surface area (Å²) in [5.74, 6) is -0.888. The van der Waals surface area contributed by atoms with Crippen LogP contribution in [-0.4, -0.2) is 42.2 Å². The minimum absolute atomic E-state index is 0.184. The summed E-state index contributed by atoms with van der Waals surface area (Å²) in [6, 6.07) is 8.08. The first-order valence-corrected chi connectivity index (χ1v) is 9.07. The molecule has 3 rings (SSSR count). The summed E-state index contributed by atoms with van der Waals surface area (Å²) in [4.78, 5) is 44.1. The third-order valence-corrected chi connectivity index (χ3v) is 4.41. The molecule has 9 nitrogen and oxygen atoms in total. The predicted octanol–water partition coefficient (Wildman–Crippen LogP) is 3.17. The molecule has 2 amide bonds. The van der Waals surface area contributed by atoms with Crippen molar-refractivity contribution >= 4 is 40.2 Å². The van der Waals surface area contributed by atoms with Gasteiger partial charge in [0.25, 0.3) is 0 Å². The maximum atomic E-state index is 12.5. The number of ether oxygens (including phenoxy) is 2. The number of esters is 2. The van der Waals surface area contributed by atoms with Gasteiger partial charge in [-0.15, -0.1) is 0 Å². The zero-order valence-electron chi connectivity index (χ0n) is 16.5. The summed E-state index contributed by atoms with van der Waals surface area (Å²) in [6.45, 7) is 0. The largest absolute Gasteiger partial charge is 0.469 e. The van der Waals surface area contributed by atoms with Crippen LogP contribution in [-0.2, 0) is 20.7 Å². The Kier molecular flexibility index (Phi) is 6.53. The zero-order chi connectivity index (χ0) is 21.5. The predicted molar refractivity (Wildman–Crippen MR) is 110 cm³/mol. The molecule has 0 atom stereocenters. The number of carbonyl (C=O) groups is 3. The molecule has 0 unspecified atom stereocenters. The molecule has 2 N–H and O–H groups in total. The topological polar surface area (TPSA) is 120 Å². The van der Waals surface area contributed by atoms with E-state index in [1.54, 1.807) is 18.3 Å². The Morgan fingerprint density at radius 2 is 1.77 bits per heavy atom. The number of aromatic nitrogens is 2. The Morgan fingerprint density at radius 1 is 0.967 bits per heavy atom. The van der Waals surface area contributed by atoms with Gasteiger partial charge in [0.1, 0.15) is 0 Å². The van der Waals surface area contributed by atoms with Crippen LogP contribution in [0.5, 0.6) is 0 Å². The average Bonchev–Trinajstić information content (AvgIpc) is 2.78. The minimum atomic E-state index is -0.588. The van der Waals surface area contributed by atoms with Gasteiger partial charge < -0.3 is 20.1 Å². The van der Waals surface area contributed by atoms with E-state index in [1.165, 1.54) is 32.7 Å². The van der Waals surface area contributed by atoms with Crippen molar-refractivity contribution in [2.45, 2.75) is 12.8 Å². The van der Waals surface area contributed by atoms with Crippen LogP contribution in [0.4, 0.5) is 16.2 Å². The minimum Gasteiger partial charge on any atom is -0.469 e. The van der Waals surface area contributed by atoms with Crippen molar-refractivity contribution < 1.29 is 23.9 Å². The quantitative estimate of drug-likeness (QED) is 0.601. The van der Waals surface area contributed by atoms with E-state index in [-0.39, 0.29) is 23.6 Å². The Balaban J connectivity index is 1.82. The van der Waals surface area contributed by atoms with Crippen LogP contribution in [0.2, 0.25) is 0 Å². The van der Waals surface area contributed by atoms with E-state index in [2.05, 4.69) is 20.6 Å². The van der Waals surface area contributed by atoms with Gasteiger partial charge in [0.15, 0.2) is 0 Å². The SMILES string of the molecule is COC(=O)CCc1ccc(NC(=O)Nc2cnccc2C(=O)OC)c2ncccc12. The van der Waals surface area contributed by atoms with Crippen LogP contribution in [0, 0.1) is 0 Å². The molecule has 9 heteroatoms. The number of hydrogen-bond donors (Lipinski definition) is 2. The standard InChI is InChI=1S/C21H20N4O5/c1-29-18(26)8-6-13-5-7-16(19-14(13)4-3-10-23-19)24-21(28)25-17-12-22-11-9-15(17)20(27)30-2/h3-5,7,9-12H,6,8H2,1-2H3,(H2,24,25,28). The molecule has 2 aromatic heterocycles. The van der Waals surface area contributed by atoms with E-state index in [1.807, 2.05) is 12.1 Å². The van der Waals surface area contributed by atoms with Crippen LogP contribution in [0.1, 0.15) is 22.3 Å². The number of pyridine rings is 2. The molecule has 0 bridgehead atoms. The highest BCUT2D eigenvalue weighted by Gasteiger charge is 2.15.